The zero-order chi connectivity index (χ0) is 13.6. The molecule has 0 bridgehead atoms. The first-order valence-corrected chi connectivity index (χ1v) is 7.43. The quantitative estimate of drug-likeness (QED) is 0.527. The maximum atomic E-state index is 12.2. The van der Waals surface area contributed by atoms with E-state index in [0.717, 1.165) is 38.3 Å². The fourth-order valence-electron chi connectivity index (χ4n) is 2.90. The Bertz CT molecular complexity index is 657. The van der Waals surface area contributed by atoms with E-state index in [1.54, 1.807) is 6.20 Å². The molecule has 0 spiro atoms. The molecule has 19 heavy (non-hydrogen) atoms. The number of pyridine rings is 1. The zero-order valence-corrected chi connectivity index (χ0v) is 12.8. The highest BCUT2D eigenvalue weighted by molar-refractivity contribution is 9.10. The minimum absolute atomic E-state index is 0.0929. The first kappa shape index (κ1) is 12.9. The number of fused-ring (bicyclic) bond motifs is 2. The lowest BCUT2D eigenvalue weighted by atomic mass is 9.93. The van der Waals surface area contributed by atoms with Gasteiger partial charge in [-0.25, -0.2) is 0 Å². The van der Waals surface area contributed by atoms with Gasteiger partial charge < -0.3 is 5.21 Å². The van der Waals surface area contributed by atoms with Gasteiger partial charge in [0.1, 0.15) is 0 Å². The predicted octanol–water partition coefficient (Wildman–Crippen LogP) is 3.99. The van der Waals surface area contributed by atoms with Gasteiger partial charge in [0.05, 0.1) is 10.4 Å². The minimum Gasteiger partial charge on any atom is -0.618 e. The molecule has 1 aromatic heterocycles. The average Bonchev–Trinajstić information content (AvgIpc) is 2.47. The lowest BCUT2D eigenvalue weighted by Crippen LogP contribution is -2.34. The molecule has 0 radical (unpaired) electrons. The summed E-state index contributed by atoms with van der Waals surface area (Å²) >= 11 is 9.46. The van der Waals surface area contributed by atoms with Gasteiger partial charge in [0, 0.05) is 10.6 Å². The van der Waals surface area contributed by atoms with Gasteiger partial charge in [-0.15, -0.1) is 0 Å². The fourth-order valence-corrected chi connectivity index (χ4v) is 3.56. The van der Waals surface area contributed by atoms with Crippen LogP contribution in [0.3, 0.4) is 0 Å². The molecule has 1 unspecified atom stereocenters. The van der Waals surface area contributed by atoms with E-state index in [2.05, 4.69) is 22.9 Å². The molecule has 98 valence electrons. The summed E-state index contributed by atoms with van der Waals surface area (Å²) in [5, 5.41) is 12.9. The molecule has 2 aromatic rings. The number of hydrogen-bond donors (Lipinski definition) is 0. The van der Waals surface area contributed by atoms with E-state index >= 15 is 0 Å². The Hall–Kier alpha value is -1.06. The predicted molar refractivity (Wildman–Crippen MR) is 79.5 cm³/mol. The van der Waals surface area contributed by atoms with Crippen molar-refractivity contribution in [3.05, 3.63) is 67.5 Å². The van der Waals surface area contributed by atoms with E-state index in [0.29, 0.717) is 0 Å². The van der Waals surface area contributed by atoms with Crippen LogP contribution in [0.1, 0.15) is 35.2 Å². The van der Waals surface area contributed by atoms with Gasteiger partial charge in [0.25, 0.3) is 0 Å². The van der Waals surface area contributed by atoms with E-state index in [4.69, 9.17) is 11.6 Å². The molecule has 0 amide bonds. The summed E-state index contributed by atoms with van der Waals surface area (Å²) in [6.07, 6.45) is 3.37. The van der Waals surface area contributed by atoms with Gasteiger partial charge in [-0.05, 0) is 65.0 Å². The van der Waals surface area contributed by atoms with Crippen LogP contribution in [0.4, 0.5) is 0 Å². The number of benzene rings is 1. The second kappa shape index (κ2) is 4.80. The van der Waals surface area contributed by atoms with Crippen LogP contribution in [0, 0.1) is 5.21 Å². The van der Waals surface area contributed by atoms with Crippen LogP contribution in [-0.2, 0) is 12.8 Å². The SMILES string of the molecule is CC1c2ccc(Cl)cc2CCc2cc(Br)c[n+]([O-])c21. The maximum absolute atomic E-state index is 12.2. The summed E-state index contributed by atoms with van der Waals surface area (Å²) in [6, 6.07) is 8.01. The van der Waals surface area contributed by atoms with Crippen molar-refractivity contribution in [2.45, 2.75) is 25.7 Å². The maximum Gasteiger partial charge on any atom is 0.203 e. The highest BCUT2D eigenvalue weighted by Gasteiger charge is 2.27. The Labute approximate surface area is 125 Å². The Morgan fingerprint density at radius 2 is 2.00 bits per heavy atom. The van der Waals surface area contributed by atoms with Gasteiger partial charge in [-0.2, -0.15) is 4.73 Å². The standard InChI is InChI=1S/C15H13BrClNO/c1-9-14-5-4-13(17)7-10(14)2-3-11-6-12(16)8-18(19)15(9)11/h4-9H,2-3H2,1H3. The van der Waals surface area contributed by atoms with Crippen LogP contribution >= 0.6 is 27.5 Å². The van der Waals surface area contributed by atoms with Gasteiger partial charge in [0.15, 0.2) is 6.20 Å². The lowest BCUT2D eigenvalue weighted by Gasteiger charge is -2.15. The van der Waals surface area contributed by atoms with Gasteiger partial charge >= 0.3 is 0 Å². The van der Waals surface area contributed by atoms with Crippen molar-refractivity contribution in [1.29, 1.82) is 0 Å². The Morgan fingerprint density at radius 3 is 2.79 bits per heavy atom. The largest absolute Gasteiger partial charge is 0.618 e. The molecule has 1 heterocycles. The van der Waals surface area contributed by atoms with Crippen LogP contribution < -0.4 is 4.73 Å². The second-order valence-electron chi connectivity index (χ2n) is 4.96. The van der Waals surface area contributed by atoms with Crippen LogP contribution in [0.5, 0.6) is 0 Å². The van der Waals surface area contributed by atoms with Gasteiger partial charge in [-0.1, -0.05) is 17.7 Å². The summed E-state index contributed by atoms with van der Waals surface area (Å²) in [5.41, 5.74) is 4.41. The van der Waals surface area contributed by atoms with Crippen molar-refractivity contribution in [3.63, 3.8) is 0 Å². The molecule has 4 heteroatoms. The number of nitrogens with zero attached hydrogens (tertiary/aromatic N) is 1. The van der Waals surface area contributed by atoms with Crippen molar-refractivity contribution < 1.29 is 4.73 Å². The molecule has 1 aliphatic rings. The summed E-state index contributed by atoms with van der Waals surface area (Å²) in [7, 11) is 0. The third-order valence-electron chi connectivity index (χ3n) is 3.76. The molecule has 1 aromatic carbocycles. The lowest BCUT2D eigenvalue weighted by molar-refractivity contribution is -0.615. The number of rotatable bonds is 0. The molecule has 0 saturated heterocycles. The molecule has 0 N–H and O–H groups in total. The molecule has 0 aliphatic heterocycles. The van der Waals surface area contributed by atoms with Crippen molar-refractivity contribution in [2.75, 3.05) is 0 Å². The molecule has 3 rings (SSSR count). The molecule has 0 saturated carbocycles. The Balaban J connectivity index is 2.20. The Kier molecular flexibility index (Phi) is 3.27. The zero-order valence-electron chi connectivity index (χ0n) is 10.5. The summed E-state index contributed by atoms with van der Waals surface area (Å²) in [5.74, 6) is 0.0929. The highest BCUT2D eigenvalue weighted by Crippen LogP contribution is 2.34. The summed E-state index contributed by atoms with van der Waals surface area (Å²) in [6.45, 7) is 2.08. The van der Waals surface area contributed by atoms with Crippen LogP contribution in [0.15, 0.2) is 34.9 Å². The molecule has 1 atom stereocenters. The smallest absolute Gasteiger partial charge is 0.203 e. The van der Waals surface area contributed by atoms with Crippen molar-refractivity contribution >= 4 is 27.5 Å². The first-order valence-electron chi connectivity index (χ1n) is 6.26. The first-order chi connectivity index (χ1) is 9.06. The number of aromatic nitrogens is 1. The van der Waals surface area contributed by atoms with E-state index in [1.165, 1.54) is 11.1 Å². The Morgan fingerprint density at radius 1 is 1.26 bits per heavy atom. The highest BCUT2D eigenvalue weighted by atomic mass is 79.9. The van der Waals surface area contributed by atoms with E-state index in [-0.39, 0.29) is 5.92 Å². The fraction of sp³-hybridized carbons (Fsp3) is 0.267. The summed E-state index contributed by atoms with van der Waals surface area (Å²) in [4.78, 5) is 0. The molecule has 1 aliphatic carbocycles. The molecule has 2 nitrogen and oxygen atoms in total. The van der Waals surface area contributed by atoms with Gasteiger partial charge in [0.2, 0.25) is 5.69 Å². The minimum atomic E-state index is 0.0929. The second-order valence-corrected chi connectivity index (χ2v) is 6.31. The molecule has 0 fully saturated rings. The topological polar surface area (TPSA) is 26.9 Å². The normalized spacial score (nSPS) is 17.5. The van der Waals surface area contributed by atoms with Crippen LogP contribution in [0.2, 0.25) is 5.02 Å². The third-order valence-corrected chi connectivity index (χ3v) is 4.43. The van der Waals surface area contributed by atoms with E-state index < -0.39 is 0 Å². The summed E-state index contributed by atoms with van der Waals surface area (Å²) < 4.78 is 1.82. The van der Waals surface area contributed by atoms with Crippen molar-refractivity contribution in [1.82, 2.24) is 0 Å². The van der Waals surface area contributed by atoms with Crippen molar-refractivity contribution in [2.24, 2.45) is 0 Å². The van der Waals surface area contributed by atoms with E-state index in [1.807, 2.05) is 24.3 Å². The third kappa shape index (κ3) is 2.26. The van der Waals surface area contributed by atoms with E-state index in [9.17, 15) is 5.21 Å². The average molecular weight is 339 g/mol. The number of aryl methyl sites for hydroxylation is 2. The van der Waals surface area contributed by atoms with Crippen LogP contribution in [0.25, 0.3) is 0 Å². The molecular weight excluding hydrogens is 326 g/mol. The van der Waals surface area contributed by atoms with Gasteiger partial charge in [-0.3, -0.25) is 0 Å². The van der Waals surface area contributed by atoms with Crippen LogP contribution in [-0.4, -0.2) is 0 Å². The van der Waals surface area contributed by atoms with Crippen molar-refractivity contribution in [3.8, 4) is 0 Å². The molecular formula is C15H13BrClNO. The monoisotopic (exact) mass is 337 g/mol. The number of hydrogen-bond acceptors (Lipinski definition) is 1. The number of halogens is 2.